The van der Waals surface area contributed by atoms with Gasteiger partial charge in [-0.2, -0.15) is 4.57 Å². The fraction of sp³-hybridized carbons (Fsp3) is 0.419. The van der Waals surface area contributed by atoms with Crippen LogP contribution in [-0.2, 0) is 13.0 Å². The van der Waals surface area contributed by atoms with Gasteiger partial charge in [0, 0.05) is 23.3 Å². The van der Waals surface area contributed by atoms with Crippen molar-refractivity contribution in [2.75, 3.05) is 0 Å². The first-order valence-electron chi connectivity index (χ1n) is 12.9. The Bertz CT molecular complexity index is 946. The Morgan fingerprint density at radius 1 is 0.667 bits per heavy atom. The summed E-state index contributed by atoms with van der Waals surface area (Å²) in [5.41, 5.74) is 4.39. The molecule has 3 aromatic rings. The van der Waals surface area contributed by atoms with Crippen molar-refractivity contribution in [3.8, 4) is 11.3 Å². The first-order chi connectivity index (χ1) is 16.3. The third-order valence-corrected chi connectivity index (χ3v) is 6.42. The molecule has 0 bridgehead atoms. The number of carbonyl (C=O) groups excluding carboxylic acids is 1. The van der Waals surface area contributed by atoms with Gasteiger partial charge in [-0.3, -0.25) is 4.79 Å². The summed E-state index contributed by atoms with van der Waals surface area (Å²) in [6.45, 7) is 2.63. The van der Waals surface area contributed by atoms with Crippen molar-refractivity contribution in [1.82, 2.24) is 0 Å². The predicted octanol–water partition coefficient (Wildman–Crippen LogP) is 7.99. The molecule has 0 unspecified atom stereocenters. The molecule has 0 spiro atoms. The SMILES string of the molecule is CCCCCCCCCCCCc1ccc(-c2cccc[n+]2CC(=O)c2ccccc2)cc1. The van der Waals surface area contributed by atoms with Crippen LogP contribution >= 0.6 is 0 Å². The molecule has 0 amide bonds. The van der Waals surface area contributed by atoms with Gasteiger partial charge in [0.15, 0.2) is 6.20 Å². The highest BCUT2D eigenvalue weighted by Gasteiger charge is 2.17. The Balaban J connectivity index is 1.45. The molecule has 0 aliphatic heterocycles. The lowest BCUT2D eigenvalue weighted by Crippen LogP contribution is -2.39. The molecule has 0 saturated carbocycles. The second kappa shape index (κ2) is 14.4. The van der Waals surface area contributed by atoms with E-state index in [1.54, 1.807) is 0 Å². The van der Waals surface area contributed by atoms with E-state index in [1.807, 2.05) is 53.2 Å². The molecule has 0 N–H and O–H groups in total. The van der Waals surface area contributed by atoms with Crippen molar-refractivity contribution < 1.29 is 9.36 Å². The van der Waals surface area contributed by atoms with Crippen LogP contribution in [0.4, 0.5) is 0 Å². The average Bonchev–Trinajstić information content (AvgIpc) is 2.86. The van der Waals surface area contributed by atoms with Crippen molar-refractivity contribution in [3.05, 3.63) is 90.1 Å². The van der Waals surface area contributed by atoms with Crippen molar-refractivity contribution in [2.24, 2.45) is 0 Å². The molecule has 1 aromatic heterocycles. The van der Waals surface area contributed by atoms with E-state index in [2.05, 4.69) is 37.3 Å². The molecule has 0 fully saturated rings. The van der Waals surface area contributed by atoms with Gasteiger partial charge in [0.1, 0.15) is 0 Å². The van der Waals surface area contributed by atoms with E-state index in [1.165, 1.54) is 69.8 Å². The topological polar surface area (TPSA) is 20.9 Å². The zero-order valence-corrected chi connectivity index (χ0v) is 20.3. The van der Waals surface area contributed by atoms with E-state index in [4.69, 9.17) is 0 Å². The minimum atomic E-state index is 0.130. The largest absolute Gasteiger partial charge is 0.287 e. The molecule has 2 heteroatoms. The lowest BCUT2D eigenvalue weighted by molar-refractivity contribution is -0.672. The number of rotatable bonds is 15. The first kappa shape index (κ1) is 24.9. The van der Waals surface area contributed by atoms with Gasteiger partial charge >= 0.3 is 0 Å². The van der Waals surface area contributed by atoms with Gasteiger partial charge in [-0.05, 0) is 36.6 Å². The lowest BCUT2D eigenvalue weighted by atomic mass is 10.0. The fourth-order valence-electron chi connectivity index (χ4n) is 4.41. The molecule has 174 valence electrons. The van der Waals surface area contributed by atoms with Crippen LogP contribution in [0.3, 0.4) is 0 Å². The van der Waals surface area contributed by atoms with Crippen LogP contribution in [0.5, 0.6) is 0 Å². The van der Waals surface area contributed by atoms with E-state index in [9.17, 15) is 4.79 Å². The minimum absolute atomic E-state index is 0.130. The summed E-state index contributed by atoms with van der Waals surface area (Å²) in [5, 5.41) is 0. The first-order valence-corrected chi connectivity index (χ1v) is 12.9. The maximum atomic E-state index is 12.7. The number of hydrogen-bond donors (Lipinski definition) is 0. The molecule has 0 aliphatic rings. The van der Waals surface area contributed by atoms with Gasteiger partial charge in [-0.15, -0.1) is 0 Å². The number of pyridine rings is 1. The number of nitrogens with zero attached hydrogens (tertiary/aromatic N) is 1. The molecule has 0 saturated heterocycles. The smallest absolute Gasteiger partial charge is 0.227 e. The molecule has 1 heterocycles. The minimum Gasteiger partial charge on any atom is -0.287 e. The summed E-state index contributed by atoms with van der Waals surface area (Å²) < 4.78 is 2.05. The Kier molecular flexibility index (Phi) is 10.9. The number of unbranched alkanes of at least 4 members (excludes halogenated alkanes) is 9. The zero-order chi connectivity index (χ0) is 23.1. The zero-order valence-electron chi connectivity index (χ0n) is 20.3. The summed E-state index contributed by atoms with van der Waals surface area (Å²) >= 11 is 0. The van der Waals surface area contributed by atoms with Crippen LogP contribution in [0.15, 0.2) is 79.0 Å². The molecular formula is C31H40NO+. The van der Waals surface area contributed by atoms with E-state index in [-0.39, 0.29) is 5.78 Å². The Morgan fingerprint density at radius 2 is 1.27 bits per heavy atom. The summed E-state index contributed by atoms with van der Waals surface area (Å²) in [7, 11) is 0. The molecule has 0 aliphatic carbocycles. The number of carbonyl (C=O) groups is 1. The van der Waals surface area contributed by atoms with E-state index in [0.29, 0.717) is 6.54 Å². The van der Waals surface area contributed by atoms with Gasteiger partial charge in [0.05, 0.1) is 0 Å². The maximum absolute atomic E-state index is 12.7. The number of aromatic nitrogens is 1. The quantitative estimate of drug-likeness (QED) is 0.133. The summed E-state index contributed by atoms with van der Waals surface area (Å²) in [6, 6.07) is 24.5. The standard InChI is InChI=1S/C31H40NO/c1-2-3-4-5-6-7-8-9-10-12-17-27-21-23-28(24-22-27)30-20-15-16-25-32(30)26-31(33)29-18-13-11-14-19-29/h11,13-16,18-25H,2-10,12,17,26H2,1H3/q+1. The third-order valence-electron chi connectivity index (χ3n) is 6.42. The Labute approximate surface area is 200 Å². The van der Waals surface area contributed by atoms with Crippen molar-refractivity contribution >= 4 is 5.78 Å². The molecule has 2 aromatic carbocycles. The summed E-state index contributed by atoms with van der Waals surface area (Å²) in [4.78, 5) is 12.7. The van der Waals surface area contributed by atoms with Crippen LogP contribution < -0.4 is 4.57 Å². The fourth-order valence-corrected chi connectivity index (χ4v) is 4.41. The van der Waals surface area contributed by atoms with E-state index in [0.717, 1.165) is 23.2 Å². The monoisotopic (exact) mass is 442 g/mol. The number of hydrogen-bond acceptors (Lipinski definition) is 1. The number of Topliss-reactive ketones (excluding diaryl/α,β-unsaturated/α-hetero) is 1. The number of aryl methyl sites for hydroxylation is 1. The average molecular weight is 443 g/mol. The maximum Gasteiger partial charge on any atom is 0.227 e. The summed E-state index contributed by atoms with van der Waals surface area (Å²) in [6.07, 6.45) is 16.9. The van der Waals surface area contributed by atoms with Gasteiger partial charge in [0.25, 0.3) is 0 Å². The van der Waals surface area contributed by atoms with Crippen molar-refractivity contribution in [2.45, 2.75) is 84.1 Å². The highest BCUT2D eigenvalue weighted by molar-refractivity contribution is 5.95. The highest BCUT2D eigenvalue weighted by Crippen LogP contribution is 2.18. The normalized spacial score (nSPS) is 10.9. The number of benzene rings is 2. The molecule has 33 heavy (non-hydrogen) atoms. The Morgan fingerprint density at radius 3 is 1.94 bits per heavy atom. The van der Waals surface area contributed by atoms with Gasteiger partial charge in [-0.1, -0.05) is 107 Å². The van der Waals surface area contributed by atoms with E-state index < -0.39 is 0 Å². The molecule has 0 radical (unpaired) electrons. The molecule has 2 nitrogen and oxygen atoms in total. The second-order valence-electron chi connectivity index (χ2n) is 9.13. The van der Waals surface area contributed by atoms with E-state index >= 15 is 0 Å². The van der Waals surface area contributed by atoms with Crippen LogP contribution in [-0.4, -0.2) is 5.78 Å². The van der Waals surface area contributed by atoms with Crippen molar-refractivity contribution in [3.63, 3.8) is 0 Å². The molecule has 0 atom stereocenters. The third kappa shape index (κ3) is 8.61. The Hall–Kier alpha value is -2.74. The molecule has 3 rings (SSSR count). The van der Waals surface area contributed by atoms with Crippen molar-refractivity contribution in [1.29, 1.82) is 0 Å². The van der Waals surface area contributed by atoms with Crippen LogP contribution in [0.2, 0.25) is 0 Å². The second-order valence-corrected chi connectivity index (χ2v) is 9.13. The van der Waals surface area contributed by atoms with Gasteiger partial charge < -0.3 is 0 Å². The number of ketones is 1. The lowest BCUT2D eigenvalue weighted by Gasteiger charge is -2.06. The highest BCUT2D eigenvalue weighted by atomic mass is 16.1. The van der Waals surface area contributed by atoms with Gasteiger partial charge in [-0.25, -0.2) is 0 Å². The van der Waals surface area contributed by atoms with Crippen LogP contribution in [0, 0.1) is 0 Å². The predicted molar refractivity (Wildman–Crippen MR) is 138 cm³/mol. The molecular weight excluding hydrogens is 402 g/mol. The van der Waals surface area contributed by atoms with Crippen LogP contribution in [0.1, 0.15) is 87.1 Å². The van der Waals surface area contributed by atoms with Crippen LogP contribution in [0.25, 0.3) is 11.3 Å². The van der Waals surface area contributed by atoms with Gasteiger partial charge in [0.2, 0.25) is 18.0 Å². The summed E-state index contributed by atoms with van der Waals surface area (Å²) in [5.74, 6) is 0.130.